The number of hydrogen-bond donors (Lipinski definition) is 0. The molecule has 0 aliphatic heterocycles. The van der Waals surface area contributed by atoms with Gasteiger partial charge in [0.2, 0.25) is 5.69 Å². The van der Waals surface area contributed by atoms with Crippen molar-refractivity contribution in [1.29, 1.82) is 0 Å². The highest BCUT2D eigenvalue weighted by Crippen LogP contribution is 2.37. The van der Waals surface area contributed by atoms with Crippen LogP contribution >= 0.6 is 11.6 Å². The van der Waals surface area contributed by atoms with Crippen molar-refractivity contribution in [2.75, 3.05) is 0 Å². The van der Waals surface area contributed by atoms with Gasteiger partial charge in [0.15, 0.2) is 8.32 Å². The average Bonchev–Trinajstić information content (AvgIpc) is 2.37. The van der Waals surface area contributed by atoms with Gasteiger partial charge in [0, 0.05) is 17.2 Å². The zero-order valence-electron chi connectivity index (χ0n) is 14.6. The minimum atomic E-state index is -1.87. The summed E-state index contributed by atoms with van der Waals surface area (Å²) in [5.74, 6) is 0. The van der Waals surface area contributed by atoms with Crippen LogP contribution in [0.1, 0.15) is 34.6 Å². The van der Waals surface area contributed by atoms with Gasteiger partial charge in [0.05, 0.1) is 6.10 Å². The van der Waals surface area contributed by atoms with E-state index in [1.807, 2.05) is 13.8 Å². The summed E-state index contributed by atoms with van der Waals surface area (Å²) in [4.78, 5) is 0.645. The molecule has 1 rings (SSSR count). The zero-order chi connectivity index (χ0) is 17.1. The van der Waals surface area contributed by atoms with Crippen LogP contribution in [0, 0.1) is 5.21 Å². The van der Waals surface area contributed by atoms with Crippen molar-refractivity contribution in [2.24, 2.45) is 5.11 Å². The minimum Gasteiger partial charge on any atom is -0.594 e. The van der Waals surface area contributed by atoms with Gasteiger partial charge in [-0.3, -0.25) is 0 Å². The van der Waals surface area contributed by atoms with Gasteiger partial charge in [0.1, 0.15) is 6.04 Å². The predicted molar refractivity (Wildman–Crippen MR) is 94.4 cm³/mol. The molecule has 0 saturated carbocycles. The lowest BCUT2D eigenvalue weighted by atomic mass is 10.2. The van der Waals surface area contributed by atoms with E-state index in [4.69, 9.17) is 16.0 Å². The Labute approximate surface area is 139 Å². The number of rotatable bonds is 5. The first-order valence-electron chi connectivity index (χ1n) is 7.55. The molecule has 0 unspecified atom stereocenters. The Morgan fingerprint density at radius 2 is 1.68 bits per heavy atom. The van der Waals surface area contributed by atoms with Crippen LogP contribution < -0.4 is 0 Å². The molecule has 0 heterocycles. The Kier molecular flexibility index (Phi) is 6.18. The number of benzene rings is 1. The monoisotopic (exact) mass is 342 g/mol. The van der Waals surface area contributed by atoms with Crippen molar-refractivity contribution in [3.63, 3.8) is 0 Å². The first kappa shape index (κ1) is 19.1. The largest absolute Gasteiger partial charge is 0.594 e. The molecule has 0 amide bonds. The first-order valence-corrected chi connectivity index (χ1v) is 10.8. The molecule has 0 spiro atoms. The third-order valence-corrected chi connectivity index (χ3v) is 9.13. The van der Waals surface area contributed by atoms with Crippen LogP contribution in [0.2, 0.25) is 23.2 Å². The Hall–Kier alpha value is -0.913. The maximum Gasteiger partial charge on any atom is 0.244 e. The summed E-state index contributed by atoms with van der Waals surface area (Å²) in [6.07, 6.45) is -0.107. The van der Waals surface area contributed by atoms with E-state index in [1.54, 1.807) is 24.3 Å². The number of nitrogens with zero attached hydrogens (tertiary/aromatic N) is 2. The van der Waals surface area contributed by atoms with Crippen molar-refractivity contribution in [2.45, 2.75) is 64.9 Å². The molecule has 0 fully saturated rings. The number of halogens is 1. The van der Waals surface area contributed by atoms with Gasteiger partial charge in [-0.15, -0.1) is 0 Å². The maximum atomic E-state index is 12.1. The van der Waals surface area contributed by atoms with Crippen molar-refractivity contribution in [3.8, 4) is 0 Å². The van der Waals surface area contributed by atoms with E-state index < -0.39 is 8.32 Å². The molecule has 0 N–H and O–H groups in total. The van der Waals surface area contributed by atoms with Crippen LogP contribution in [0.25, 0.3) is 0 Å². The smallest absolute Gasteiger partial charge is 0.244 e. The third kappa shape index (κ3) is 5.07. The molecule has 0 aromatic heterocycles. The summed E-state index contributed by atoms with van der Waals surface area (Å²) in [6, 6.07) is 6.45. The van der Waals surface area contributed by atoms with Crippen LogP contribution in [0.5, 0.6) is 0 Å². The number of hydrogen-bond acceptors (Lipinski definition) is 3. The fraction of sp³-hybridized carbons (Fsp3) is 0.625. The topological polar surface area (TPSA) is 47.7 Å². The second-order valence-corrected chi connectivity index (χ2v) is 12.4. The quantitative estimate of drug-likeness (QED) is 0.297. The van der Waals surface area contributed by atoms with Crippen LogP contribution in [0.4, 0.5) is 5.69 Å². The van der Waals surface area contributed by atoms with Crippen LogP contribution in [-0.2, 0) is 4.43 Å². The van der Waals surface area contributed by atoms with E-state index in [0.717, 1.165) is 0 Å². The van der Waals surface area contributed by atoms with E-state index in [9.17, 15) is 5.21 Å². The third-order valence-electron chi connectivity index (χ3n) is 4.30. The lowest BCUT2D eigenvalue weighted by molar-refractivity contribution is -0.447. The molecule has 2 atom stereocenters. The molecule has 1 aromatic carbocycles. The van der Waals surface area contributed by atoms with Crippen molar-refractivity contribution < 1.29 is 9.29 Å². The van der Waals surface area contributed by atoms with E-state index >= 15 is 0 Å². The molecular formula is C16H27ClN2O2Si. The molecule has 4 nitrogen and oxygen atoms in total. The van der Waals surface area contributed by atoms with Gasteiger partial charge in [-0.2, -0.15) is 0 Å². The van der Waals surface area contributed by atoms with E-state index in [-0.39, 0.29) is 17.2 Å². The molecule has 0 bridgehead atoms. The summed E-state index contributed by atoms with van der Waals surface area (Å²) in [5, 5.41) is 17.0. The van der Waals surface area contributed by atoms with Crippen molar-refractivity contribution in [1.82, 2.24) is 0 Å². The molecule has 1 aromatic rings. The van der Waals surface area contributed by atoms with Crippen molar-refractivity contribution in [3.05, 3.63) is 34.5 Å². The van der Waals surface area contributed by atoms with Crippen LogP contribution in [-0.4, -0.2) is 25.3 Å². The fourth-order valence-electron chi connectivity index (χ4n) is 1.63. The van der Waals surface area contributed by atoms with Gasteiger partial charge in [-0.05, 0) is 49.2 Å². The summed E-state index contributed by atoms with van der Waals surface area (Å²) in [6.45, 7) is 14.9. The Morgan fingerprint density at radius 1 is 1.18 bits per heavy atom. The molecule has 6 heteroatoms. The molecule has 0 aliphatic carbocycles. The summed E-state index contributed by atoms with van der Waals surface area (Å²) in [7, 11) is -1.87. The van der Waals surface area contributed by atoms with Crippen molar-refractivity contribution >= 4 is 25.6 Å². The summed E-state index contributed by atoms with van der Waals surface area (Å²) in [5.41, 5.74) is 0.468. The summed E-state index contributed by atoms with van der Waals surface area (Å²) < 4.78 is 6.28. The SMILES string of the molecule is C[C@H](N=[N+]([O-])c1ccc(Cl)cc1)[C@@H](C)O[Si](C)(C)C(C)(C)C. The molecular weight excluding hydrogens is 316 g/mol. The maximum absolute atomic E-state index is 12.1. The lowest BCUT2D eigenvalue weighted by Crippen LogP contribution is -2.45. The van der Waals surface area contributed by atoms with Gasteiger partial charge in [-0.1, -0.05) is 37.2 Å². The molecule has 0 radical (unpaired) electrons. The van der Waals surface area contributed by atoms with Gasteiger partial charge in [-0.25, -0.2) is 0 Å². The number of azo groups is 1. The van der Waals surface area contributed by atoms with E-state index in [1.165, 1.54) is 0 Å². The standard InChI is InChI=1S/C16H27ClN2O2Si/c1-12(13(2)21-22(6,7)16(3,4)5)18-19(20)15-10-8-14(17)9-11-15/h8-13H,1-7H3/t12-,13+/m0/s1. The fourth-order valence-corrected chi connectivity index (χ4v) is 3.24. The highest BCUT2D eigenvalue weighted by molar-refractivity contribution is 6.74. The predicted octanol–water partition coefficient (Wildman–Crippen LogP) is 5.73. The Balaban J connectivity index is 2.80. The molecule has 22 heavy (non-hydrogen) atoms. The highest BCUT2D eigenvalue weighted by atomic mass is 35.5. The van der Waals surface area contributed by atoms with E-state index in [2.05, 4.69) is 39.0 Å². The normalized spacial score (nSPS) is 16.5. The van der Waals surface area contributed by atoms with Crippen LogP contribution in [0.15, 0.2) is 29.4 Å². The Bertz CT molecular complexity index is 524. The van der Waals surface area contributed by atoms with Gasteiger partial charge in [0.25, 0.3) is 0 Å². The second-order valence-electron chi connectivity index (χ2n) is 7.19. The minimum absolute atomic E-state index is 0.107. The van der Waals surface area contributed by atoms with E-state index in [0.29, 0.717) is 15.6 Å². The molecule has 124 valence electrons. The Morgan fingerprint density at radius 3 is 2.14 bits per heavy atom. The highest BCUT2D eigenvalue weighted by Gasteiger charge is 2.39. The first-order chi connectivity index (χ1) is 9.94. The average molecular weight is 343 g/mol. The summed E-state index contributed by atoms with van der Waals surface area (Å²) >= 11 is 5.82. The van der Waals surface area contributed by atoms with Gasteiger partial charge >= 0.3 is 0 Å². The van der Waals surface area contributed by atoms with Crippen LogP contribution in [0.3, 0.4) is 0 Å². The molecule has 0 saturated heterocycles. The lowest BCUT2D eigenvalue weighted by Gasteiger charge is -2.38. The van der Waals surface area contributed by atoms with Gasteiger partial charge < -0.3 is 9.63 Å². The zero-order valence-corrected chi connectivity index (χ0v) is 16.3. The molecule has 0 aliphatic rings. The second kappa shape index (κ2) is 7.11.